The standard InChI is InChI=1S/C14H18FNO2/c1-9-12(6-7-16-14(9)15)11-4-2-10(3-5-11)8-13(17)18/h6-7,10-11H,2-5,8H2,1H3,(H,17,18). The van der Waals surface area contributed by atoms with Crippen molar-refractivity contribution in [2.75, 3.05) is 0 Å². The van der Waals surface area contributed by atoms with Gasteiger partial charge in [-0.25, -0.2) is 4.98 Å². The topological polar surface area (TPSA) is 50.2 Å². The van der Waals surface area contributed by atoms with Crippen LogP contribution in [-0.2, 0) is 4.79 Å². The molecule has 0 radical (unpaired) electrons. The lowest BCUT2D eigenvalue weighted by molar-refractivity contribution is -0.138. The van der Waals surface area contributed by atoms with Crippen LogP contribution < -0.4 is 0 Å². The van der Waals surface area contributed by atoms with Gasteiger partial charge in [0.15, 0.2) is 0 Å². The van der Waals surface area contributed by atoms with Crippen LogP contribution in [0.2, 0.25) is 0 Å². The minimum atomic E-state index is -0.718. The summed E-state index contributed by atoms with van der Waals surface area (Å²) in [4.78, 5) is 14.3. The smallest absolute Gasteiger partial charge is 0.303 e. The minimum absolute atomic E-state index is 0.260. The van der Waals surface area contributed by atoms with Gasteiger partial charge in [0.2, 0.25) is 5.95 Å². The van der Waals surface area contributed by atoms with Gasteiger partial charge >= 0.3 is 5.97 Å². The summed E-state index contributed by atoms with van der Waals surface area (Å²) in [5, 5.41) is 8.77. The highest BCUT2D eigenvalue weighted by atomic mass is 19.1. The molecule has 0 atom stereocenters. The number of hydrogen-bond acceptors (Lipinski definition) is 2. The predicted octanol–water partition coefficient (Wildman–Crippen LogP) is 3.28. The molecular weight excluding hydrogens is 233 g/mol. The van der Waals surface area contributed by atoms with E-state index in [0.29, 0.717) is 11.5 Å². The molecule has 1 N–H and O–H groups in total. The van der Waals surface area contributed by atoms with E-state index in [9.17, 15) is 9.18 Å². The minimum Gasteiger partial charge on any atom is -0.481 e. The Morgan fingerprint density at radius 3 is 2.72 bits per heavy atom. The summed E-state index contributed by atoms with van der Waals surface area (Å²) >= 11 is 0. The van der Waals surface area contributed by atoms with E-state index < -0.39 is 5.97 Å². The number of rotatable bonds is 3. The van der Waals surface area contributed by atoms with E-state index in [-0.39, 0.29) is 18.3 Å². The Hall–Kier alpha value is -1.45. The molecule has 4 heteroatoms. The average molecular weight is 251 g/mol. The van der Waals surface area contributed by atoms with Crippen LogP contribution in [0.15, 0.2) is 12.3 Å². The van der Waals surface area contributed by atoms with Crippen LogP contribution in [-0.4, -0.2) is 16.1 Å². The number of nitrogens with zero attached hydrogens (tertiary/aromatic N) is 1. The van der Waals surface area contributed by atoms with Crippen molar-refractivity contribution >= 4 is 5.97 Å². The van der Waals surface area contributed by atoms with Crippen molar-refractivity contribution in [2.45, 2.75) is 44.9 Å². The van der Waals surface area contributed by atoms with E-state index in [2.05, 4.69) is 4.98 Å². The Labute approximate surface area is 106 Å². The number of aliphatic carboxylic acids is 1. The Balaban J connectivity index is 2.01. The van der Waals surface area contributed by atoms with Crippen LogP contribution in [0.25, 0.3) is 0 Å². The normalized spacial score (nSPS) is 23.9. The fourth-order valence-electron chi connectivity index (χ4n) is 2.89. The van der Waals surface area contributed by atoms with E-state index in [4.69, 9.17) is 5.11 Å². The molecule has 18 heavy (non-hydrogen) atoms. The lowest BCUT2D eigenvalue weighted by Crippen LogP contribution is -2.17. The van der Waals surface area contributed by atoms with Gasteiger partial charge in [0.25, 0.3) is 0 Å². The molecule has 1 aromatic rings. The molecule has 0 saturated heterocycles. The van der Waals surface area contributed by atoms with Gasteiger partial charge < -0.3 is 5.11 Å². The van der Waals surface area contributed by atoms with Gasteiger partial charge in [-0.3, -0.25) is 4.79 Å². The first kappa shape index (κ1) is 13.0. The molecule has 0 spiro atoms. The second kappa shape index (κ2) is 5.46. The maximum atomic E-state index is 13.4. The highest BCUT2D eigenvalue weighted by Crippen LogP contribution is 2.38. The van der Waals surface area contributed by atoms with E-state index in [1.807, 2.05) is 6.07 Å². The van der Waals surface area contributed by atoms with Crippen LogP contribution in [0, 0.1) is 18.8 Å². The van der Waals surface area contributed by atoms with Crippen LogP contribution in [0.5, 0.6) is 0 Å². The highest BCUT2D eigenvalue weighted by Gasteiger charge is 2.25. The second-order valence-electron chi connectivity index (χ2n) is 5.13. The molecular formula is C14H18FNO2. The van der Waals surface area contributed by atoms with Crippen LogP contribution >= 0.6 is 0 Å². The van der Waals surface area contributed by atoms with Crippen molar-refractivity contribution in [2.24, 2.45) is 5.92 Å². The molecule has 0 aliphatic heterocycles. The number of carboxylic acid groups (broad SMARTS) is 1. The average Bonchev–Trinajstić information content (AvgIpc) is 2.33. The Morgan fingerprint density at radius 1 is 1.44 bits per heavy atom. The zero-order chi connectivity index (χ0) is 13.1. The van der Waals surface area contributed by atoms with Crippen molar-refractivity contribution in [3.05, 3.63) is 29.3 Å². The number of carboxylic acids is 1. The zero-order valence-corrected chi connectivity index (χ0v) is 10.5. The van der Waals surface area contributed by atoms with Crippen LogP contribution in [0.3, 0.4) is 0 Å². The first-order valence-corrected chi connectivity index (χ1v) is 6.40. The van der Waals surface area contributed by atoms with Crippen molar-refractivity contribution in [1.82, 2.24) is 4.98 Å². The summed E-state index contributed by atoms with van der Waals surface area (Å²) in [7, 11) is 0. The molecule has 0 unspecified atom stereocenters. The van der Waals surface area contributed by atoms with Crippen molar-refractivity contribution < 1.29 is 14.3 Å². The van der Waals surface area contributed by atoms with Gasteiger partial charge in [-0.2, -0.15) is 4.39 Å². The zero-order valence-electron chi connectivity index (χ0n) is 10.5. The molecule has 1 aliphatic rings. The fourth-order valence-corrected chi connectivity index (χ4v) is 2.89. The van der Waals surface area contributed by atoms with Gasteiger partial charge in [-0.15, -0.1) is 0 Å². The summed E-state index contributed by atoms with van der Waals surface area (Å²) < 4.78 is 13.4. The predicted molar refractivity (Wildman–Crippen MR) is 65.9 cm³/mol. The molecule has 0 amide bonds. The number of carbonyl (C=O) groups is 1. The largest absolute Gasteiger partial charge is 0.481 e. The van der Waals surface area contributed by atoms with Gasteiger partial charge in [-0.1, -0.05) is 0 Å². The van der Waals surface area contributed by atoms with Gasteiger partial charge in [0.05, 0.1) is 0 Å². The van der Waals surface area contributed by atoms with Crippen LogP contribution in [0.1, 0.15) is 49.1 Å². The van der Waals surface area contributed by atoms with E-state index >= 15 is 0 Å². The SMILES string of the molecule is Cc1c(C2CCC(CC(=O)O)CC2)ccnc1F. The summed E-state index contributed by atoms with van der Waals surface area (Å²) in [5.74, 6) is -0.469. The number of hydrogen-bond donors (Lipinski definition) is 1. The molecule has 0 bridgehead atoms. The van der Waals surface area contributed by atoms with E-state index in [1.54, 1.807) is 6.92 Å². The highest BCUT2D eigenvalue weighted by molar-refractivity contribution is 5.67. The fraction of sp³-hybridized carbons (Fsp3) is 0.571. The molecule has 98 valence electrons. The molecule has 2 rings (SSSR count). The Kier molecular flexibility index (Phi) is 3.94. The third-order valence-corrected chi connectivity index (χ3v) is 3.93. The maximum absolute atomic E-state index is 13.4. The molecule has 1 aromatic heterocycles. The molecule has 1 saturated carbocycles. The lowest BCUT2D eigenvalue weighted by atomic mass is 9.77. The van der Waals surface area contributed by atoms with E-state index in [0.717, 1.165) is 31.2 Å². The number of halogens is 1. The summed E-state index contributed by atoms with van der Waals surface area (Å²) in [5.41, 5.74) is 1.68. The van der Waals surface area contributed by atoms with Crippen LogP contribution in [0.4, 0.5) is 4.39 Å². The Bertz CT molecular complexity index is 439. The van der Waals surface area contributed by atoms with Crippen molar-refractivity contribution in [3.8, 4) is 0 Å². The van der Waals surface area contributed by atoms with Crippen molar-refractivity contribution in [3.63, 3.8) is 0 Å². The first-order valence-electron chi connectivity index (χ1n) is 6.40. The maximum Gasteiger partial charge on any atom is 0.303 e. The van der Waals surface area contributed by atoms with Gasteiger partial charge in [-0.05, 0) is 56.1 Å². The monoisotopic (exact) mass is 251 g/mol. The van der Waals surface area contributed by atoms with Crippen molar-refractivity contribution in [1.29, 1.82) is 0 Å². The summed E-state index contributed by atoms with van der Waals surface area (Å²) in [6.07, 6.45) is 5.50. The lowest BCUT2D eigenvalue weighted by Gasteiger charge is -2.28. The molecule has 1 heterocycles. The van der Waals surface area contributed by atoms with Gasteiger partial charge in [0, 0.05) is 18.2 Å². The molecule has 3 nitrogen and oxygen atoms in total. The third-order valence-electron chi connectivity index (χ3n) is 3.93. The molecule has 1 aliphatic carbocycles. The summed E-state index contributed by atoms with van der Waals surface area (Å²) in [6.45, 7) is 1.76. The van der Waals surface area contributed by atoms with E-state index in [1.165, 1.54) is 6.20 Å². The number of aromatic nitrogens is 1. The summed E-state index contributed by atoms with van der Waals surface area (Å²) in [6, 6.07) is 1.89. The Morgan fingerprint density at radius 2 is 2.11 bits per heavy atom. The number of pyridine rings is 1. The third kappa shape index (κ3) is 2.86. The molecule has 1 fully saturated rings. The molecule has 0 aromatic carbocycles. The van der Waals surface area contributed by atoms with Gasteiger partial charge in [0.1, 0.15) is 0 Å². The second-order valence-corrected chi connectivity index (χ2v) is 5.13. The quantitative estimate of drug-likeness (QED) is 0.839. The first-order chi connectivity index (χ1) is 8.58.